The van der Waals surface area contributed by atoms with E-state index in [1.807, 2.05) is 6.92 Å². The second-order valence-electron chi connectivity index (χ2n) is 5.57. The summed E-state index contributed by atoms with van der Waals surface area (Å²) in [7, 11) is 1.80. The van der Waals surface area contributed by atoms with Gasteiger partial charge in [-0.05, 0) is 25.8 Å². The average Bonchev–Trinajstić information content (AvgIpc) is 2.95. The Hall–Kier alpha value is -2.44. The number of aromatic nitrogens is 4. The number of anilines is 1. The summed E-state index contributed by atoms with van der Waals surface area (Å²) in [6.07, 6.45) is 6.99. The summed E-state index contributed by atoms with van der Waals surface area (Å²) < 4.78 is 1.63. The van der Waals surface area contributed by atoms with Gasteiger partial charge in [0.15, 0.2) is 0 Å². The monoisotopic (exact) mass is 300 g/mol. The molecule has 2 aromatic rings. The molecule has 116 valence electrons. The molecule has 0 radical (unpaired) electrons. The quantitative estimate of drug-likeness (QED) is 0.912. The van der Waals surface area contributed by atoms with Crippen molar-refractivity contribution in [2.45, 2.75) is 25.8 Å². The molecular weight excluding hydrogens is 280 g/mol. The highest BCUT2D eigenvalue weighted by molar-refractivity contribution is 5.92. The third-order valence-electron chi connectivity index (χ3n) is 3.93. The first-order chi connectivity index (χ1) is 10.6. The number of nitrogens with zero attached hydrogens (tertiary/aromatic N) is 5. The molecule has 0 spiro atoms. The number of hydrogen-bond acceptors (Lipinski definition) is 5. The lowest BCUT2D eigenvalue weighted by molar-refractivity contribution is 0.0925. The Morgan fingerprint density at radius 2 is 2.00 bits per heavy atom. The maximum atomic E-state index is 12.1. The van der Waals surface area contributed by atoms with E-state index in [1.165, 1.54) is 0 Å². The second kappa shape index (κ2) is 6.13. The first kappa shape index (κ1) is 14.5. The molecule has 2 aromatic heterocycles. The number of aryl methyl sites for hydroxylation is 2. The number of hydrogen-bond donors (Lipinski definition) is 1. The number of carbonyl (C=O) groups is 1. The molecule has 0 atom stereocenters. The molecule has 1 aliphatic heterocycles. The van der Waals surface area contributed by atoms with Gasteiger partial charge in [0.25, 0.3) is 5.91 Å². The molecule has 0 unspecified atom stereocenters. The van der Waals surface area contributed by atoms with Crippen LogP contribution in [0.5, 0.6) is 0 Å². The van der Waals surface area contributed by atoms with Crippen LogP contribution in [0, 0.1) is 6.92 Å². The molecule has 7 nitrogen and oxygen atoms in total. The summed E-state index contributed by atoms with van der Waals surface area (Å²) in [6, 6.07) is 1.91. The maximum absolute atomic E-state index is 12.1. The highest BCUT2D eigenvalue weighted by Gasteiger charge is 2.23. The van der Waals surface area contributed by atoms with Gasteiger partial charge in [0.1, 0.15) is 11.5 Å². The van der Waals surface area contributed by atoms with E-state index >= 15 is 0 Å². The minimum absolute atomic E-state index is 0.102. The minimum atomic E-state index is -0.102. The molecule has 1 amide bonds. The average molecular weight is 300 g/mol. The van der Waals surface area contributed by atoms with E-state index in [9.17, 15) is 4.79 Å². The highest BCUT2D eigenvalue weighted by atomic mass is 16.2. The fourth-order valence-electron chi connectivity index (χ4n) is 2.74. The minimum Gasteiger partial charge on any atom is -0.355 e. The fraction of sp³-hybridized carbons (Fsp3) is 0.467. The number of carbonyl (C=O) groups excluding carboxylic acids is 1. The van der Waals surface area contributed by atoms with E-state index in [2.05, 4.69) is 25.3 Å². The molecule has 1 fully saturated rings. The van der Waals surface area contributed by atoms with Crippen LogP contribution in [0.15, 0.2) is 24.7 Å². The molecule has 3 heterocycles. The smallest absolute Gasteiger partial charge is 0.271 e. The molecule has 22 heavy (non-hydrogen) atoms. The third kappa shape index (κ3) is 3.08. The third-order valence-corrected chi connectivity index (χ3v) is 3.93. The van der Waals surface area contributed by atoms with Crippen LogP contribution in [0.25, 0.3) is 0 Å². The van der Waals surface area contributed by atoms with Gasteiger partial charge in [-0.1, -0.05) is 0 Å². The Bertz CT molecular complexity index is 660. The van der Waals surface area contributed by atoms with E-state index in [0.717, 1.165) is 37.4 Å². The number of piperidine rings is 1. The molecule has 1 N–H and O–H groups in total. The van der Waals surface area contributed by atoms with Crippen molar-refractivity contribution >= 4 is 11.7 Å². The van der Waals surface area contributed by atoms with E-state index < -0.39 is 0 Å². The van der Waals surface area contributed by atoms with Crippen molar-refractivity contribution in [1.82, 2.24) is 25.1 Å². The Morgan fingerprint density at radius 1 is 1.27 bits per heavy atom. The van der Waals surface area contributed by atoms with Crippen LogP contribution in [0.4, 0.5) is 5.82 Å². The van der Waals surface area contributed by atoms with Crippen LogP contribution in [-0.2, 0) is 7.05 Å². The van der Waals surface area contributed by atoms with Gasteiger partial charge in [-0.3, -0.25) is 14.5 Å². The summed E-state index contributed by atoms with van der Waals surface area (Å²) in [5.74, 6) is 0.840. The first-order valence-electron chi connectivity index (χ1n) is 7.46. The number of nitrogens with one attached hydrogen (secondary N) is 1. The van der Waals surface area contributed by atoms with Gasteiger partial charge in [-0.25, -0.2) is 4.98 Å². The number of amides is 1. The van der Waals surface area contributed by atoms with E-state index in [1.54, 1.807) is 36.4 Å². The van der Waals surface area contributed by atoms with E-state index in [4.69, 9.17) is 0 Å². The predicted octanol–water partition coefficient (Wildman–Crippen LogP) is 0.917. The normalized spacial score (nSPS) is 15.8. The highest BCUT2D eigenvalue weighted by Crippen LogP contribution is 2.19. The Morgan fingerprint density at radius 3 is 2.64 bits per heavy atom. The molecule has 1 saturated heterocycles. The van der Waals surface area contributed by atoms with Crippen LogP contribution in [0.3, 0.4) is 0 Å². The van der Waals surface area contributed by atoms with Crippen molar-refractivity contribution in [3.63, 3.8) is 0 Å². The van der Waals surface area contributed by atoms with E-state index in [0.29, 0.717) is 5.69 Å². The van der Waals surface area contributed by atoms with Gasteiger partial charge >= 0.3 is 0 Å². The lowest BCUT2D eigenvalue weighted by Crippen LogP contribution is -2.45. The Balaban J connectivity index is 1.56. The lowest BCUT2D eigenvalue weighted by atomic mass is 10.0. The summed E-state index contributed by atoms with van der Waals surface area (Å²) in [5, 5.41) is 7.18. The van der Waals surface area contributed by atoms with Gasteiger partial charge in [0.2, 0.25) is 0 Å². The predicted molar refractivity (Wildman–Crippen MR) is 82.7 cm³/mol. The van der Waals surface area contributed by atoms with Crippen LogP contribution < -0.4 is 10.2 Å². The van der Waals surface area contributed by atoms with Gasteiger partial charge in [-0.15, -0.1) is 0 Å². The molecular formula is C15H20N6O. The fourth-order valence-corrected chi connectivity index (χ4v) is 2.74. The lowest BCUT2D eigenvalue weighted by Gasteiger charge is -2.33. The number of rotatable bonds is 3. The van der Waals surface area contributed by atoms with Gasteiger partial charge < -0.3 is 10.2 Å². The van der Waals surface area contributed by atoms with Gasteiger partial charge in [0, 0.05) is 44.8 Å². The molecule has 0 bridgehead atoms. The van der Waals surface area contributed by atoms with Crippen molar-refractivity contribution in [3.8, 4) is 0 Å². The van der Waals surface area contributed by atoms with Crippen molar-refractivity contribution in [2.24, 2.45) is 7.05 Å². The van der Waals surface area contributed by atoms with Crippen molar-refractivity contribution in [1.29, 1.82) is 0 Å². The molecule has 3 rings (SSSR count). The summed E-state index contributed by atoms with van der Waals surface area (Å²) in [6.45, 7) is 3.71. The summed E-state index contributed by atoms with van der Waals surface area (Å²) >= 11 is 0. The van der Waals surface area contributed by atoms with Crippen LogP contribution in [-0.4, -0.2) is 44.8 Å². The van der Waals surface area contributed by atoms with Crippen molar-refractivity contribution in [3.05, 3.63) is 36.0 Å². The molecule has 7 heteroatoms. The Labute approximate surface area is 129 Å². The van der Waals surface area contributed by atoms with Crippen LogP contribution in [0.2, 0.25) is 0 Å². The Kier molecular flexibility index (Phi) is 4.04. The molecule has 1 aliphatic rings. The van der Waals surface area contributed by atoms with Gasteiger partial charge in [-0.2, -0.15) is 5.10 Å². The maximum Gasteiger partial charge on any atom is 0.271 e. The largest absolute Gasteiger partial charge is 0.355 e. The van der Waals surface area contributed by atoms with Gasteiger partial charge in [0.05, 0.1) is 5.69 Å². The topological polar surface area (TPSA) is 75.9 Å². The first-order valence-corrected chi connectivity index (χ1v) is 7.46. The standard InChI is InChI=1S/C15H20N6O/c1-11-14(17-7-6-16-11)21-9-3-12(4-10-21)18-15(22)13-5-8-20(2)19-13/h5-8,12H,3-4,9-10H2,1-2H3,(H,18,22). The summed E-state index contributed by atoms with van der Waals surface area (Å²) in [5.41, 5.74) is 1.41. The van der Waals surface area contributed by atoms with Crippen molar-refractivity contribution < 1.29 is 4.79 Å². The van der Waals surface area contributed by atoms with Crippen LogP contribution in [0.1, 0.15) is 29.0 Å². The SMILES string of the molecule is Cc1nccnc1N1CCC(NC(=O)c2ccn(C)n2)CC1. The zero-order valence-corrected chi connectivity index (χ0v) is 12.9. The summed E-state index contributed by atoms with van der Waals surface area (Å²) in [4.78, 5) is 23.0. The molecule has 0 saturated carbocycles. The zero-order chi connectivity index (χ0) is 15.5. The van der Waals surface area contributed by atoms with Crippen LogP contribution >= 0.6 is 0 Å². The molecule has 0 aliphatic carbocycles. The van der Waals surface area contributed by atoms with Crippen molar-refractivity contribution in [2.75, 3.05) is 18.0 Å². The second-order valence-corrected chi connectivity index (χ2v) is 5.57. The molecule has 0 aromatic carbocycles. The zero-order valence-electron chi connectivity index (χ0n) is 12.9. The van der Waals surface area contributed by atoms with E-state index in [-0.39, 0.29) is 11.9 Å².